The topological polar surface area (TPSA) is 75.6 Å². The highest BCUT2D eigenvalue weighted by Crippen LogP contribution is 2.33. The van der Waals surface area contributed by atoms with Crippen LogP contribution in [0, 0.1) is 11.7 Å². The summed E-state index contributed by atoms with van der Waals surface area (Å²) >= 11 is 0. The fraction of sp³-hybridized carbons (Fsp3) is 0.467. The lowest BCUT2D eigenvalue weighted by Crippen LogP contribution is -2.41. The minimum atomic E-state index is -1.03. The van der Waals surface area contributed by atoms with Gasteiger partial charge in [0.05, 0.1) is 13.5 Å². The highest BCUT2D eigenvalue weighted by molar-refractivity contribution is 5.84. The van der Waals surface area contributed by atoms with Crippen molar-refractivity contribution >= 4 is 11.9 Å². The van der Waals surface area contributed by atoms with Gasteiger partial charge in [-0.3, -0.25) is 4.79 Å². The second-order valence-electron chi connectivity index (χ2n) is 5.28. The van der Waals surface area contributed by atoms with Gasteiger partial charge in [-0.05, 0) is 30.0 Å². The molecule has 5 nitrogen and oxygen atoms in total. The molecule has 6 heteroatoms. The molecule has 2 N–H and O–H groups in total. The zero-order valence-electron chi connectivity index (χ0n) is 11.8. The molecular weight excluding hydrogens is 277 g/mol. The first-order chi connectivity index (χ1) is 9.99. The van der Waals surface area contributed by atoms with Gasteiger partial charge in [0.15, 0.2) is 11.6 Å². The first kappa shape index (κ1) is 15.3. The van der Waals surface area contributed by atoms with E-state index in [9.17, 15) is 14.0 Å². The molecule has 1 aromatic rings. The van der Waals surface area contributed by atoms with Crippen molar-refractivity contribution in [2.45, 2.75) is 31.7 Å². The van der Waals surface area contributed by atoms with Gasteiger partial charge >= 0.3 is 5.97 Å². The summed E-state index contributed by atoms with van der Waals surface area (Å²) in [5.74, 6) is -1.50. The van der Waals surface area contributed by atoms with Crippen molar-refractivity contribution in [2.24, 2.45) is 5.92 Å². The number of ether oxygens (including phenoxy) is 1. The van der Waals surface area contributed by atoms with Crippen LogP contribution in [-0.2, 0) is 16.0 Å². The van der Waals surface area contributed by atoms with Gasteiger partial charge in [0.25, 0.3) is 0 Å². The molecule has 0 bridgehead atoms. The summed E-state index contributed by atoms with van der Waals surface area (Å²) in [6.45, 7) is 0. The summed E-state index contributed by atoms with van der Waals surface area (Å²) in [4.78, 5) is 23.0. The molecule has 0 spiro atoms. The van der Waals surface area contributed by atoms with Gasteiger partial charge in [-0.1, -0.05) is 18.9 Å². The van der Waals surface area contributed by atoms with Gasteiger partial charge in [0.2, 0.25) is 5.91 Å². The number of hydrogen-bond donors (Lipinski definition) is 2. The zero-order valence-corrected chi connectivity index (χ0v) is 11.8. The van der Waals surface area contributed by atoms with Crippen LogP contribution in [0.5, 0.6) is 5.75 Å². The molecule has 1 fully saturated rings. The molecule has 0 aromatic heterocycles. The molecule has 0 radical (unpaired) electrons. The minimum absolute atomic E-state index is 0.0602. The molecule has 1 atom stereocenters. The van der Waals surface area contributed by atoms with E-state index in [1.165, 1.54) is 19.2 Å². The van der Waals surface area contributed by atoms with E-state index in [0.717, 1.165) is 12.8 Å². The Morgan fingerprint density at radius 2 is 2.19 bits per heavy atom. The van der Waals surface area contributed by atoms with E-state index < -0.39 is 23.7 Å². The lowest BCUT2D eigenvalue weighted by molar-refractivity contribution is -0.142. The minimum Gasteiger partial charge on any atom is -0.494 e. The smallest absolute Gasteiger partial charge is 0.326 e. The number of methoxy groups -OCH3 is 1. The number of aliphatic carboxylic acids is 1. The van der Waals surface area contributed by atoms with Crippen LogP contribution in [0.15, 0.2) is 18.2 Å². The number of hydrogen-bond acceptors (Lipinski definition) is 3. The van der Waals surface area contributed by atoms with Crippen molar-refractivity contribution in [1.29, 1.82) is 0 Å². The molecule has 1 aromatic carbocycles. The van der Waals surface area contributed by atoms with Gasteiger partial charge in [-0.25, -0.2) is 9.18 Å². The Morgan fingerprint density at radius 3 is 2.71 bits per heavy atom. The quantitative estimate of drug-likeness (QED) is 0.803. The summed E-state index contributed by atoms with van der Waals surface area (Å²) in [7, 11) is 1.36. The second-order valence-corrected chi connectivity index (χ2v) is 5.28. The van der Waals surface area contributed by atoms with Gasteiger partial charge in [0.1, 0.15) is 6.04 Å². The number of carbonyl (C=O) groups is 2. The fourth-order valence-electron chi connectivity index (χ4n) is 2.16. The number of benzene rings is 1. The van der Waals surface area contributed by atoms with Crippen molar-refractivity contribution < 1.29 is 23.8 Å². The number of carboxylic acid groups (broad SMARTS) is 1. The van der Waals surface area contributed by atoms with E-state index in [-0.39, 0.29) is 12.2 Å². The van der Waals surface area contributed by atoms with Crippen molar-refractivity contribution in [3.63, 3.8) is 0 Å². The van der Waals surface area contributed by atoms with Crippen molar-refractivity contribution in [1.82, 2.24) is 5.32 Å². The third-order valence-electron chi connectivity index (χ3n) is 3.48. The summed E-state index contributed by atoms with van der Waals surface area (Å²) in [5, 5.41) is 11.6. The van der Waals surface area contributed by atoms with Gasteiger partial charge in [-0.15, -0.1) is 0 Å². The molecule has 114 valence electrons. The Hall–Kier alpha value is -2.11. The average Bonchev–Trinajstić information content (AvgIpc) is 3.22. The SMILES string of the molecule is COc1ccc(CC(=O)NC(CC2CC2)C(=O)O)cc1F. The number of carboxylic acids is 1. The molecule has 21 heavy (non-hydrogen) atoms. The van der Waals surface area contributed by atoms with E-state index in [4.69, 9.17) is 9.84 Å². The average molecular weight is 295 g/mol. The first-order valence-electron chi connectivity index (χ1n) is 6.84. The molecule has 0 heterocycles. The molecular formula is C15H18FNO4. The zero-order chi connectivity index (χ0) is 15.4. The van der Waals surface area contributed by atoms with Gasteiger partial charge < -0.3 is 15.2 Å². The highest BCUT2D eigenvalue weighted by Gasteiger charge is 2.30. The predicted molar refractivity (Wildman–Crippen MR) is 73.6 cm³/mol. The van der Waals surface area contributed by atoms with E-state index in [1.54, 1.807) is 6.07 Å². The molecule has 0 saturated heterocycles. The van der Waals surface area contributed by atoms with E-state index in [1.807, 2.05) is 0 Å². The molecule has 0 aliphatic heterocycles. The maximum Gasteiger partial charge on any atom is 0.326 e. The maximum absolute atomic E-state index is 13.5. The Kier molecular flexibility index (Phi) is 4.77. The predicted octanol–water partition coefficient (Wildman–Crippen LogP) is 1.75. The normalized spacial score (nSPS) is 15.3. The van der Waals surface area contributed by atoms with E-state index >= 15 is 0 Å². The van der Waals surface area contributed by atoms with Crippen LogP contribution in [0.25, 0.3) is 0 Å². The second kappa shape index (κ2) is 6.56. The number of carbonyl (C=O) groups excluding carboxylic acids is 1. The molecule has 1 unspecified atom stereocenters. The standard InChI is InChI=1S/C15H18FNO4/c1-21-13-5-4-10(6-11(13)16)8-14(18)17-12(15(19)20)7-9-2-3-9/h4-6,9,12H,2-3,7-8H2,1H3,(H,17,18)(H,19,20). The summed E-state index contributed by atoms with van der Waals surface area (Å²) in [5.41, 5.74) is 0.473. The highest BCUT2D eigenvalue weighted by atomic mass is 19.1. The van der Waals surface area contributed by atoms with Crippen LogP contribution in [0.2, 0.25) is 0 Å². The number of amides is 1. The monoisotopic (exact) mass is 295 g/mol. The van der Waals surface area contributed by atoms with Gasteiger partial charge in [0, 0.05) is 0 Å². The first-order valence-corrected chi connectivity index (χ1v) is 6.84. The number of nitrogens with one attached hydrogen (secondary N) is 1. The third-order valence-corrected chi connectivity index (χ3v) is 3.48. The van der Waals surface area contributed by atoms with Crippen molar-refractivity contribution in [3.8, 4) is 5.75 Å². The lowest BCUT2D eigenvalue weighted by Gasteiger charge is -2.14. The fourth-order valence-corrected chi connectivity index (χ4v) is 2.16. The summed E-state index contributed by atoms with van der Waals surface area (Å²) < 4.78 is 18.3. The lowest BCUT2D eigenvalue weighted by atomic mass is 10.1. The van der Waals surface area contributed by atoms with Crippen LogP contribution < -0.4 is 10.1 Å². The molecule has 2 rings (SSSR count). The van der Waals surface area contributed by atoms with Crippen molar-refractivity contribution in [3.05, 3.63) is 29.6 Å². The maximum atomic E-state index is 13.5. The van der Waals surface area contributed by atoms with Crippen LogP contribution in [0.1, 0.15) is 24.8 Å². The Bertz CT molecular complexity index is 542. The van der Waals surface area contributed by atoms with Gasteiger partial charge in [-0.2, -0.15) is 0 Å². The van der Waals surface area contributed by atoms with Crippen LogP contribution >= 0.6 is 0 Å². The van der Waals surface area contributed by atoms with Crippen molar-refractivity contribution in [2.75, 3.05) is 7.11 Å². The number of rotatable bonds is 7. The molecule has 1 saturated carbocycles. The van der Waals surface area contributed by atoms with E-state index in [0.29, 0.717) is 17.9 Å². The van der Waals surface area contributed by atoms with Crippen LogP contribution in [0.4, 0.5) is 4.39 Å². The Labute approximate surface area is 122 Å². The summed E-state index contributed by atoms with van der Waals surface area (Å²) in [6, 6.07) is 3.37. The number of halogens is 1. The van der Waals surface area contributed by atoms with E-state index in [2.05, 4.69) is 5.32 Å². The largest absolute Gasteiger partial charge is 0.494 e. The Morgan fingerprint density at radius 1 is 1.48 bits per heavy atom. The summed E-state index contributed by atoms with van der Waals surface area (Å²) in [6.07, 6.45) is 2.43. The molecule has 1 aliphatic carbocycles. The molecule has 1 aliphatic rings. The third kappa shape index (κ3) is 4.44. The Balaban J connectivity index is 1.93. The molecule has 1 amide bonds. The van der Waals surface area contributed by atoms with Crippen LogP contribution in [0.3, 0.4) is 0 Å². The van der Waals surface area contributed by atoms with Crippen LogP contribution in [-0.4, -0.2) is 30.1 Å².